The average molecular weight is 330 g/mol. The Morgan fingerprint density at radius 1 is 1.17 bits per heavy atom. The third-order valence-corrected chi connectivity index (χ3v) is 2.76. The third-order valence-electron chi connectivity index (χ3n) is 2.41. The summed E-state index contributed by atoms with van der Waals surface area (Å²) < 4.78 is 1.84. The quantitative estimate of drug-likeness (QED) is 0.437. The molecular weight excluding hydrogens is 320 g/mol. The molecule has 0 saturated heterocycles. The van der Waals surface area contributed by atoms with E-state index in [2.05, 4.69) is 0 Å². The van der Waals surface area contributed by atoms with Gasteiger partial charge >= 0.3 is 0 Å². The summed E-state index contributed by atoms with van der Waals surface area (Å²) in [6.45, 7) is 0.386. The standard InChI is InChI=1S/C12H10ClN2O2.BrH/c13-11-5-4-6-12(15(16)17)10(11)9-14-7-2-1-3-8-14;/h1-8H,9H2;1H/q+1;/p-1. The maximum Gasteiger partial charge on any atom is 0.280 e. The van der Waals surface area contributed by atoms with Gasteiger partial charge in [0.05, 0.1) is 9.95 Å². The zero-order valence-electron chi connectivity index (χ0n) is 9.29. The van der Waals surface area contributed by atoms with Crippen LogP contribution in [0.5, 0.6) is 0 Å². The summed E-state index contributed by atoms with van der Waals surface area (Å²) in [5.74, 6) is 0. The van der Waals surface area contributed by atoms with E-state index in [9.17, 15) is 10.1 Å². The molecule has 0 radical (unpaired) electrons. The Morgan fingerprint density at radius 3 is 2.44 bits per heavy atom. The van der Waals surface area contributed by atoms with Crippen molar-refractivity contribution in [1.82, 2.24) is 0 Å². The van der Waals surface area contributed by atoms with Crippen LogP contribution in [0.15, 0.2) is 48.8 Å². The molecule has 0 fully saturated rings. The number of halogens is 2. The van der Waals surface area contributed by atoms with Gasteiger partial charge in [0, 0.05) is 18.2 Å². The molecule has 4 nitrogen and oxygen atoms in total. The first kappa shape index (κ1) is 14.6. The highest BCUT2D eigenvalue weighted by Gasteiger charge is 2.19. The Morgan fingerprint density at radius 2 is 1.83 bits per heavy atom. The van der Waals surface area contributed by atoms with Crippen molar-refractivity contribution in [2.75, 3.05) is 0 Å². The fourth-order valence-corrected chi connectivity index (χ4v) is 1.83. The molecule has 0 aliphatic carbocycles. The number of hydrogen-bond acceptors (Lipinski definition) is 2. The van der Waals surface area contributed by atoms with Crippen LogP contribution in [-0.4, -0.2) is 4.92 Å². The largest absolute Gasteiger partial charge is 1.00 e. The number of pyridine rings is 1. The Balaban J connectivity index is 0.00000162. The first-order valence-electron chi connectivity index (χ1n) is 5.04. The monoisotopic (exact) mass is 328 g/mol. The summed E-state index contributed by atoms with van der Waals surface area (Å²) in [7, 11) is 0. The summed E-state index contributed by atoms with van der Waals surface area (Å²) in [6, 6.07) is 10.3. The number of hydrogen-bond donors (Lipinski definition) is 0. The summed E-state index contributed by atoms with van der Waals surface area (Å²) in [6.07, 6.45) is 3.68. The van der Waals surface area contributed by atoms with Crippen molar-refractivity contribution in [1.29, 1.82) is 0 Å². The maximum absolute atomic E-state index is 10.9. The SMILES string of the molecule is O=[N+]([O-])c1cccc(Cl)c1C[n+]1ccccc1.[Br-]. The van der Waals surface area contributed by atoms with E-state index in [4.69, 9.17) is 11.6 Å². The molecule has 0 spiro atoms. The van der Waals surface area contributed by atoms with Gasteiger partial charge in [-0.3, -0.25) is 10.1 Å². The molecule has 1 heterocycles. The number of benzene rings is 1. The lowest BCUT2D eigenvalue weighted by molar-refractivity contribution is -0.688. The lowest BCUT2D eigenvalue weighted by Crippen LogP contribution is -3.00. The predicted molar refractivity (Wildman–Crippen MR) is 63.8 cm³/mol. The summed E-state index contributed by atoms with van der Waals surface area (Å²) in [5.41, 5.74) is 0.573. The number of nitrogens with zero attached hydrogens (tertiary/aromatic N) is 2. The first-order valence-corrected chi connectivity index (χ1v) is 5.42. The highest BCUT2D eigenvalue weighted by Crippen LogP contribution is 2.25. The van der Waals surface area contributed by atoms with Gasteiger partial charge in [0.15, 0.2) is 18.9 Å². The predicted octanol–water partition coefficient (Wildman–Crippen LogP) is -0.412. The molecule has 1 aromatic carbocycles. The summed E-state index contributed by atoms with van der Waals surface area (Å²) >= 11 is 6.01. The molecule has 0 atom stereocenters. The van der Waals surface area contributed by atoms with Gasteiger partial charge in [-0.25, -0.2) is 4.57 Å². The lowest BCUT2D eigenvalue weighted by Gasteiger charge is -2.02. The number of rotatable bonds is 3. The van der Waals surface area contributed by atoms with Gasteiger partial charge in [0.2, 0.25) is 0 Å². The van der Waals surface area contributed by atoms with Gasteiger partial charge in [-0.2, -0.15) is 0 Å². The van der Waals surface area contributed by atoms with Crippen molar-refractivity contribution < 1.29 is 26.5 Å². The van der Waals surface area contributed by atoms with Crippen molar-refractivity contribution in [3.05, 3.63) is 69.5 Å². The topological polar surface area (TPSA) is 47.0 Å². The molecule has 18 heavy (non-hydrogen) atoms. The molecule has 0 aliphatic heterocycles. The third kappa shape index (κ3) is 3.27. The van der Waals surface area contributed by atoms with E-state index in [0.717, 1.165) is 0 Å². The molecule has 0 unspecified atom stereocenters. The van der Waals surface area contributed by atoms with Gasteiger partial charge in [-0.15, -0.1) is 0 Å². The van der Waals surface area contributed by atoms with Crippen LogP contribution in [0.1, 0.15) is 5.56 Å². The second kappa shape index (κ2) is 6.47. The van der Waals surface area contributed by atoms with Crippen LogP contribution in [0.4, 0.5) is 5.69 Å². The molecule has 0 bridgehead atoms. The molecule has 94 valence electrons. The van der Waals surface area contributed by atoms with Crippen LogP contribution < -0.4 is 21.5 Å². The zero-order valence-corrected chi connectivity index (χ0v) is 11.6. The number of nitro benzene ring substituents is 1. The highest BCUT2D eigenvalue weighted by molar-refractivity contribution is 6.31. The molecule has 6 heteroatoms. The summed E-state index contributed by atoms with van der Waals surface area (Å²) in [4.78, 5) is 10.5. The van der Waals surface area contributed by atoms with Crippen LogP contribution in [0.3, 0.4) is 0 Å². The fraction of sp³-hybridized carbons (Fsp3) is 0.0833. The Kier molecular flexibility index (Phi) is 5.25. The molecule has 0 N–H and O–H groups in total. The normalized spacial score (nSPS) is 9.61. The number of nitro groups is 1. The van der Waals surface area contributed by atoms with Crippen molar-refractivity contribution >= 4 is 17.3 Å². The highest BCUT2D eigenvalue weighted by atomic mass is 79.9. The van der Waals surface area contributed by atoms with E-state index >= 15 is 0 Å². The van der Waals surface area contributed by atoms with Gasteiger partial charge in [0.1, 0.15) is 5.56 Å². The van der Waals surface area contributed by atoms with E-state index in [-0.39, 0.29) is 22.7 Å². The van der Waals surface area contributed by atoms with Gasteiger partial charge < -0.3 is 17.0 Å². The maximum atomic E-state index is 10.9. The van der Waals surface area contributed by atoms with Crippen molar-refractivity contribution in [3.8, 4) is 0 Å². The second-order valence-corrected chi connectivity index (χ2v) is 3.95. The van der Waals surface area contributed by atoms with Gasteiger partial charge in [0.25, 0.3) is 5.69 Å². The molecule has 2 aromatic rings. The van der Waals surface area contributed by atoms with E-state index in [1.54, 1.807) is 12.1 Å². The lowest BCUT2D eigenvalue weighted by atomic mass is 10.1. The van der Waals surface area contributed by atoms with E-state index < -0.39 is 4.92 Å². The minimum absolute atomic E-state index is 0. The minimum atomic E-state index is -0.412. The Labute approximate surface area is 120 Å². The van der Waals surface area contributed by atoms with Crippen LogP contribution in [-0.2, 0) is 6.54 Å². The van der Waals surface area contributed by atoms with Crippen molar-refractivity contribution in [3.63, 3.8) is 0 Å². The first-order chi connectivity index (χ1) is 8.18. The van der Waals surface area contributed by atoms with Crippen molar-refractivity contribution in [2.45, 2.75) is 6.54 Å². The average Bonchev–Trinajstić information content (AvgIpc) is 2.33. The molecule has 0 amide bonds. The zero-order chi connectivity index (χ0) is 12.3. The van der Waals surface area contributed by atoms with Crippen LogP contribution in [0, 0.1) is 10.1 Å². The summed E-state index contributed by atoms with van der Waals surface area (Å²) in [5, 5.41) is 11.3. The van der Waals surface area contributed by atoms with Gasteiger partial charge in [-0.1, -0.05) is 23.7 Å². The smallest absolute Gasteiger partial charge is 0.280 e. The van der Waals surface area contributed by atoms with Gasteiger partial charge in [-0.05, 0) is 6.07 Å². The molecular formula is C12H10BrClN2O2. The molecule has 0 aliphatic rings. The Hall–Kier alpha value is -1.46. The van der Waals surface area contributed by atoms with E-state index in [1.807, 2.05) is 35.2 Å². The van der Waals surface area contributed by atoms with E-state index in [1.165, 1.54) is 6.07 Å². The number of aromatic nitrogens is 1. The van der Waals surface area contributed by atoms with Crippen molar-refractivity contribution in [2.24, 2.45) is 0 Å². The van der Waals surface area contributed by atoms with Crippen LogP contribution >= 0.6 is 11.6 Å². The molecule has 2 rings (SSSR count). The Bertz CT molecular complexity index is 549. The molecule has 0 saturated carbocycles. The minimum Gasteiger partial charge on any atom is -1.00 e. The second-order valence-electron chi connectivity index (χ2n) is 3.54. The van der Waals surface area contributed by atoms with Crippen LogP contribution in [0.2, 0.25) is 5.02 Å². The fourth-order valence-electron chi connectivity index (χ4n) is 1.60. The molecule has 1 aromatic heterocycles. The van der Waals surface area contributed by atoms with E-state index in [0.29, 0.717) is 17.1 Å². The van der Waals surface area contributed by atoms with Crippen LogP contribution in [0.25, 0.3) is 0 Å².